The number of anilines is 1. The number of nitrogens with one attached hydrogen (secondary N) is 1. The SMILES string of the molecule is C=CCNC(=O)CN1CCN(C(=O)c2ccc(N3CCCS3(=O)=O)cc2)CC1. The van der Waals surface area contributed by atoms with Crippen molar-refractivity contribution < 1.29 is 18.0 Å². The summed E-state index contributed by atoms with van der Waals surface area (Å²) in [4.78, 5) is 28.3. The van der Waals surface area contributed by atoms with Gasteiger partial charge in [0.25, 0.3) is 5.91 Å². The van der Waals surface area contributed by atoms with E-state index in [2.05, 4.69) is 11.9 Å². The molecular formula is C19H26N4O4S. The van der Waals surface area contributed by atoms with E-state index in [0.29, 0.717) is 63.5 Å². The van der Waals surface area contributed by atoms with Gasteiger partial charge in [-0.25, -0.2) is 8.42 Å². The molecule has 0 radical (unpaired) electrons. The van der Waals surface area contributed by atoms with Crippen LogP contribution in [0.15, 0.2) is 36.9 Å². The van der Waals surface area contributed by atoms with Crippen molar-refractivity contribution in [1.29, 1.82) is 0 Å². The molecule has 0 aromatic heterocycles. The van der Waals surface area contributed by atoms with Gasteiger partial charge in [-0.3, -0.25) is 18.8 Å². The minimum absolute atomic E-state index is 0.0490. The first-order chi connectivity index (χ1) is 13.4. The molecule has 1 aromatic rings. The van der Waals surface area contributed by atoms with Gasteiger partial charge in [0.15, 0.2) is 0 Å². The van der Waals surface area contributed by atoms with Crippen LogP contribution in [0.25, 0.3) is 0 Å². The Balaban J connectivity index is 1.54. The van der Waals surface area contributed by atoms with E-state index >= 15 is 0 Å². The lowest BCUT2D eigenvalue weighted by atomic mass is 10.1. The fraction of sp³-hybridized carbons (Fsp3) is 0.474. The number of carbonyl (C=O) groups is 2. The summed E-state index contributed by atoms with van der Waals surface area (Å²) in [6.45, 7) is 7.19. The maximum Gasteiger partial charge on any atom is 0.253 e. The number of rotatable bonds is 6. The Morgan fingerprint density at radius 1 is 1.07 bits per heavy atom. The van der Waals surface area contributed by atoms with E-state index in [9.17, 15) is 18.0 Å². The molecule has 1 N–H and O–H groups in total. The van der Waals surface area contributed by atoms with Gasteiger partial charge < -0.3 is 10.2 Å². The summed E-state index contributed by atoms with van der Waals surface area (Å²) in [6, 6.07) is 6.74. The van der Waals surface area contributed by atoms with E-state index in [0.717, 1.165) is 0 Å². The number of benzene rings is 1. The smallest absolute Gasteiger partial charge is 0.253 e. The summed E-state index contributed by atoms with van der Waals surface area (Å²) in [5, 5.41) is 2.75. The van der Waals surface area contributed by atoms with Crippen molar-refractivity contribution >= 4 is 27.5 Å². The molecule has 2 aliphatic rings. The summed E-state index contributed by atoms with van der Waals surface area (Å²) in [6.07, 6.45) is 2.26. The summed E-state index contributed by atoms with van der Waals surface area (Å²) >= 11 is 0. The monoisotopic (exact) mass is 406 g/mol. The number of amides is 2. The van der Waals surface area contributed by atoms with E-state index < -0.39 is 10.0 Å². The van der Waals surface area contributed by atoms with Crippen LogP contribution in [0.5, 0.6) is 0 Å². The topological polar surface area (TPSA) is 90.0 Å². The molecule has 152 valence electrons. The van der Waals surface area contributed by atoms with E-state index in [-0.39, 0.29) is 17.6 Å². The number of hydrogen-bond donors (Lipinski definition) is 1. The van der Waals surface area contributed by atoms with Gasteiger partial charge in [-0.15, -0.1) is 6.58 Å². The van der Waals surface area contributed by atoms with Crippen LogP contribution in [0.2, 0.25) is 0 Å². The highest BCUT2D eigenvalue weighted by atomic mass is 32.2. The number of piperazine rings is 1. The highest BCUT2D eigenvalue weighted by molar-refractivity contribution is 7.93. The van der Waals surface area contributed by atoms with Crippen LogP contribution in [0, 0.1) is 0 Å². The van der Waals surface area contributed by atoms with Crippen molar-refractivity contribution in [3.05, 3.63) is 42.5 Å². The average Bonchev–Trinajstić information content (AvgIpc) is 3.05. The van der Waals surface area contributed by atoms with Crippen LogP contribution < -0.4 is 9.62 Å². The molecule has 2 aliphatic heterocycles. The summed E-state index contributed by atoms with van der Waals surface area (Å²) in [7, 11) is -3.22. The largest absolute Gasteiger partial charge is 0.352 e. The average molecular weight is 407 g/mol. The van der Waals surface area contributed by atoms with Crippen molar-refractivity contribution in [3.63, 3.8) is 0 Å². The predicted octanol–water partition coefficient (Wildman–Crippen LogP) is 0.287. The fourth-order valence-corrected chi connectivity index (χ4v) is 5.00. The Kier molecular flexibility index (Phi) is 6.35. The second-order valence-corrected chi connectivity index (χ2v) is 8.96. The molecule has 8 nitrogen and oxygen atoms in total. The maximum absolute atomic E-state index is 12.7. The van der Waals surface area contributed by atoms with Crippen LogP contribution in [-0.4, -0.2) is 81.6 Å². The quantitative estimate of drug-likeness (QED) is 0.686. The van der Waals surface area contributed by atoms with Gasteiger partial charge >= 0.3 is 0 Å². The molecule has 28 heavy (non-hydrogen) atoms. The van der Waals surface area contributed by atoms with Crippen LogP contribution in [0.3, 0.4) is 0 Å². The van der Waals surface area contributed by atoms with Crippen LogP contribution >= 0.6 is 0 Å². The molecule has 2 fully saturated rings. The van der Waals surface area contributed by atoms with Crippen molar-refractivity contribution in [2.24, 2.45) is 0 Å². The fourth-order valence-electron chi connectivity index (χ4n) is 3.44. The number of sulfonamides is 1. The van der Waals surface area contributed by atoms with E-state index in [4.69, 9.17) is 0 Å². The van der Waals surface area contributed by atoms with E-state index in [1.165, 1.54) is 4.31 Å². The van der Waals surface area contributed by atoms with Crippen LogP contribution in [-0.2, 0) is 14.8 Å². The molecule has 2 heterocycles. The van der Waals surface area contributed by atoms with Crippen LogP contribution in [0.4, 0.5) is 5.69 Å². The Bertz CT molecular complexity index is 830. The van der Waals surface area contributed by atoms with Crippen molar-refractivity contribution in [3.8, 4) is 0 Å². The first kappa shape index (κ1) is 20.3. The maximum atomic E-state index is 12.7. The number of nitrogens with zero attached hydrogens (tertiary/aromatic N) is 3. The minimum atomic E-state index is -3.22. The molecule has 2 saturated heterocycles. The van der Waals surface area contributed by atoms with E-state index in [1.54, 1.807) is 35.2 Å². The number of carbonyl (C=O) groups excluding carboxylic acids is 2. The second kappa shape index (κ2) is 8.74. The molecule has 0 bridgehead atoms. The van der Waals surface area contributed by atoms with Crippen molar-refractivity contribution in [2.45, 2.75) is 6.42 Å². The lowest BCUT2D eigenvalue weighted by molar-refractivity contribution is -0.122. The molecule has 0 spiro atoms. The molecule has 0 saturated carbocycles. The first-order valence-corrected chi connectivity index (χ1v) is 11.0. The molecule has 0 aliphatic carbocycles. The van der Waals surface area contributed by atoms with Crippen LogP contribution in [0.1, 0.15) is 16.8 Å². The third-order valence-corrected chi connectivity index (χ3v) is 6.84. The van der Waals surface area contributed by atoms with Crippen molar-refractivity contribution in [2.75, 3.05) is 55.9 Å². The molecule has 1 aromatic carbocycles. The van der Waals surface area contributed by atoms with Gasteiger partial charge in [0.2, 0.25) is 15.9 Å². The third-order valence-electron chi connectivity index (χ3n) is 4.97. The summed E-state index contributed by atoms with van der Waals surface area (Å²) < 4.78 is 25.4. The summed E-state index contributed by atoms with van der Waals surface area (Å²) in [5.74, 6) is 0.0440. The third kappa shape index (κ3) is 4.71. The highest BCUT2D eigenvalue weighted by Gasteiger charge is 2.29. The zero-order valence-electron chi connectivity index (χ0n) is 15.8. The number of hydrogen-bond acceptors (Lipinski definition) is 5. The van der Waals surface area contributed by atoms with E-state index in [1.807, 2.05) is 4.90 Å². The standard InChI is InChI=1S/C19H26N4O4S/c1-2-8-20-18(24)15-21-10-12-22(13-11-21)19(25)16-4-6-17(7-5-16)23-9-3-14-28(23,26)27/h2,4-7H,1,3,8-15H2,(H,20,24). The van der Waals surface area contributed by atoms with Gasteiger partial charge in [0, 0.05) is 44.8 Å². The highest BCUT2D eigenvalue weighted by Crippen LogP contribution is 2.24. The molecule has 2 amide bonds. The van der Waals surface area contributed by atoms with Gasteiger partial charge in [-0.2, -0.15) is 0 Å². The van der Waals surface area contributed by atoms with Gasteiger partial charge in [0.1, 0.15) is 0 Å². The van der Waals surface area contributed by atoms with Gasteiger partial charge in [-0.05, 0) is 30.7 Å². The second-order valence-electron chi connectivity index (χ2n) is 6.95. The minimum Gasteiger partial charge on any atom is -0.352 e. The Labute approximate surface area is 165 Å². The zero-order chi connectivity index (χ0) is 20.1. The summed E-state index contributed by atoms with van der Waals surface area (Å²) in [5.41, 5.74) is 1.14. The molecular weight excluding hydrogens is 380 g/mol. The Morgan fingerprint density at radius 3 is 2.32 bits per heavy atom. The lowest BCUT2D eigenvalue weighted by Gasteiger charge is -2.34. The zero-order valence-corrected chi connectivity index (χ0v) is 16.7. The molecule has 9 heteroatoms. The predicted molar refractivity (Wildman–Crippen MR) is 108 cm³/mol. The molecule has 3 rings (SSSR count). The normalized spacial score (nSPS) is 19.4. The van der Waals surface area contributed by atoms with Gasteiger partial charge in [0.05, 0.1) is 18.0 Å². The van der Waals surface area contributed by atoms with Gasteiger partial charge in [-0.1, -0.05) is 6.08 Å². The molecule has 0 unspecified atom stereocenters. The Morgan fingerprint density at radius 2 is 1.75 bits per heavy atom. The van der Waals surface area contributed by atoms with Crippen molar-refractivity contribution in [1.82, 2.24) is 15.1 Å². The first-order valence-electron chi connectivity index (χ1n) is 9.40. The Hall–Kier alpha value is -2.39. The molecule has 0 atom stereocenters. The lowest BCUT2D eigenvalue weighted by Crippen LogP contribution is -2.51.